The normalized spacial score (nSPS) is 36.7. The van der Waals surface area contributed by atoms with Crippen LogP contribution in [0.2, 0.25) is 0 Å². The summed E-state index contributed by atoms with van der Waals surface area (Å²) in [6, 6.07) is 1.20. The van der Waals surface area contributed by atoms with Crippen LogP contribution in [0, 0.1) is 11.3 Å². The standard InChI is InChI=1S/C15H30N2/c1-12(16)13-6-5-9-17(11-13)14-7-4-8-15(2,3)10-14/h12-14H,4-11,16H2,1-3H3. The molecule has 0 aromatic carbocycles. The van der Waals surface area contributed by atoms with Crippen LogP contribution in [0.1, 0.15) is 59.3 Å². The highest BCUT2D eigenvalue weighted by molar-refractivity contribution is 4.88. The molecule has 2 aliphatic rings. The van der Waals surface area contributed by atoms with Crippen LogP contribution in [-0.4, -0.2) is 30.1 Å². The van der Waals surface area contributed by atoms with Crippen LogP contribution in [0.25, 0.3) is 0 Å². The zero-order chi connectivity index (χ0) is 12.5. The molecule has 1 saturated heterocycles. The van der Waals surface area contributed by atoms with Crippen molar-refractivity contribution in [1.82, 2.24) is 4.90 Å². The largest absolute Gasteiger partial charge is 0.328 e. The average Bonchev–Trinajstić information content (AvgIpc) is 2.28. The molecule has 0 bridgehead atoms. The van der Waals surface area contributed by atoms with Gasteiger partial charge in [0.15, 0.2) is 0 Å². The number of nitrogens with zero attached hydrogens (tertiary/aromatic N) is 1. The summed E-state index contributed by atoms with van der Waals surface area (Å²) in [6.45, 7) is 9.61. The summed E-state index contributed by atoms with van der Waals surface area (Å²) in [6.07, 6.45) is 8.31. The maximum atomic E-state index is 6.09. The van der Waals surface area contributed by atoms with Gasteiger partial charge in [-0.2, -0.15) is 0 Å². The van der Waals surface area contributed by atoms with E-state index >= 15 is 0 Å². The van der Waals surface area contributed by atoms with E-state index in [0.717, 1.165) is 12.0 Å². The molecule has 0 radical (unpaired) electrons. The molecule has 0 amide bonds. The Hall–Kier alpha value is -0.0800. The number of hydrogen-bond acceptors (Lipinski definition) is 2. The van der Waals surface area contributed by atoms with Crippen molar-refractivity contribution in [1.29, 1.82) is 0 Å². The van der Waals surface area contributed by atoms with Crippen molar-refractivity contribution >= 4 is 0 Å². The summed E-state index contributed by atoms with van der Waals surface area (Å²) in [5.74, 6) is 0.730. The highest BCUT2D eigenvalue weighted by atomic mass is 15.2. The molecule has 3 unspecified atom stereocenters. The van der Waals surface area contributed by atoms with Gasteiger partial charge in [-0.15, -0.1) is 0 Å². The second-order valence-electron chi connectivity index (χ2n) is 7.17. The molecule has 3 atom stereocenters. The first-order valence-electron chi connectivity index (χ1n) is 7.47. The predicted octanol–water partition coefficient (Wildman–Crippen LogP) is 3.01. The molecule has 2 heteroatoms. The van der Waals surface area contributed by atoms with E-state index in [4.69, 9.17) is 5.73 Å². The minimum absolute atomic E-state index is 0.370. The van der Waals surface area contributed by atoms with Gasteiger partial charge in [0.25, 0.3) is 0 Å². The van der Waals surface area contributed by atoms with Crippen molar-refractivity contribution in [3.63, 3.8) is 0 Å². The van der Waals surface area contributed by atoms with Gasteiger partial charge in [0.05, 0.1) is 0 Å². The van der Waals surface area contributed by atoms with Gasteiger partial charge in [-0.3, -0.25) is 0 Å². The average molecular weight is 238 g/mol. The Kier molecular flexibility index (Phi) is 4.14. The molecule has 1 aliphatic heterocycles. The summed E-state index contributed by atoms with van der Waals surface area (Å²) in [5.41, 5.74) is 6.65. The lowest BCUT2D eigenvalue weighted by Crippen LogP contribution is -2.49. The second kappa shape index (κ2) is 5.27. The fraction of sp³-hybridized carbons (Fsp3) is 1.00. The number of likely N-dealkylation sites (tertiary alicyclic amines) is 1. The molecule has 1 aliphatic carbocycles. The molecule has 0 spiro atoms. The van der Waals surface area contributed by atoms with Crippen LogP contribution in [0.15, 0.2) is 0 Å². The van der Waals surface area contributed by atoms with Crippen LogP contribution in [-0.2, 0) is 0 Å². The first-order chi connectivity index (χ1) is 7.98. The molecule has 100 valence electrons. The fourth-order valence-electron chi connectivity index (χ4n) is 3.77. The van der Waals surface area contributed by atoms with Crippen molar-refractivity contribution in [2.45, 2.75) is 71.4 Å². The molecular weight excluding hydrogens is 208 g/mol. The van der Waals surface area contributed by atoms with E-state index < -0.39 is 0 Å². The van der Waals surface area contributed by atoms with E-state index in [0.29, 0.717) is 11.5 Å². The first-order valence-corrected chi connectivity index (χ1v) is 7.47. The highest BCUT2D eigenvalue weighted by Crippen LogP contribution is 2.38. The lowest BCUT2D eigenvalue weighted by Gasteiger charge is -2.45. The van der Waals surface area contributed by atoms with Gasteiger partial charge in [0, 0.05) is 18.6 Å². The van der Waals surface area contributed by atoms with Crippen LogP contribution in [0.5, 0.6) is 0 Å². The van der Waals surface area contributed by atoms with E-state index in [-0.39, 0.29) is 0 Å². The lowest BCUT2D eigenvalue weighted by molar-refractivity contribution is 0.0552. The minimum atomic E-state index is 0.370. The van der Waals surface area contributed by atoms with E-state index in [1.807, 2.05) is 0 Å². The quantitative estimate of drug-likeness (QED) is 0.801. The molecule has 17 heavy (non-hydrogen) atoms. The molecule has 2 N–H and O–H groups in total. The zero-order valence-corrected chi connectivity index (χ0v) is 11.9. The molecule has 0 aromatic rings. The van der Waals surface area contributed by atoms with Crippen LogP contribution in [0.3, 0.4) is 0 Å². The van der Waals surface area contributed by atoms with E-state index in [9.17, 15) is 0 Å². The molecular formula is C15H30N2. The van der Waals surface area contributed by atoms with E-state index in [1.165, 1.54) is 51.6 Å². The second-order valence-corrected chi connectivity index (χ2v) is 7.17. The van der Waals surface area contributed by atoms with E-state index in [2.05, 4.69) is 25.7 Å². The molecule has 2 fully saturated rings. The Morgan fingerprint density at radius 3 is 2.65 bits per heavy atom. The van der Waals surface area contributed by atoms with Gasteiger partial charge in [-0.25, -0.2) is 0 Å². The topological polar surface area (TPSA) is 29.3 Å². The van der Waals surface area contributed by atoms with Crippen molar-refractivity contribution in [3.8, 4) is 0 Å². The Morgan fingerprint density at radius 2 is 2.00 bits per heavy atom. The Bertz CT molecular complexity index is 247. The van der Waals surface area contributed by atoms with Gasteiger partial charge < -0.3 is 10.6 Å². The summed E-state index contributed by atoms with van der Waals surface area (Å²) < 4.78 is 0. The molecule has 2 nitrogen and oxygen atoms in total. The van der Waals surface area contributed by atoms with Crippen molar-refractivity contribution in [2.75, 3.05) is 13.1 Å². The first kappa shape index (κ1) is 13.4. The fourth-order valence-corrected chi connectivity index (χ4v) is 3.77. The Labute approximate surface area is 107 Å². The number of nitrogens with two attached hydrogens (primary N) is 1. The Morgan fingerprint density at radius 1 is 1.24 bits per heavy atom. The highest BCUT2D eigenvalue weighted by Gasteiger charge is 2.34. The Balaban J connectivity index is 1.92. The maximum Gasteiger partial charge on any atom is 0.0100 e. The van der Waals surface area contributed by atoms with Crippen molar-refractivity contribution < 1.29 is 0 Å². The van der Waals surface area contributed by atoms with Crippen LogP contribution in [0.4, 0.5) is 0 Å². The lowest BCUT2D eigenvalue weighted by atomic mass is 9.74. The number of hydrogen-bond donors (Lipinski definition) is 1. The van der Waals surface area contributed by atoms with Gasteiger partial charge in [0.2, 0.25) is 0 Å². The number of piperidine rings is 1. The molecule has 1 heterocycles. The van der Waals surface area contributed by atoms with Gasteiger partial charge in [0.1, 0.15) is 0 Å². The SMILES string of the molecule is CC(N)C1CCCN(C2CCCC(C)(C)C2)C1. The van der Waals surface area contributed by atoms with Crippen LogP contribution < -0.4 is 5.73 Å². The minimum Gasteiger partial charge on any atom is -0.328 e. The van der Waals surface area contributed by atoms with Crippen molar-refractivity contribution in [2.24, 2.45) is 17.1 Å². The molecule has 1 saturated carbocycles. The summed E-state index contributed by atoms with van der Waals surface area (Å²) >= 11 is 0. The summed E-state index contributed by atoms with van der Waals surface area (Å²) in [5, 5.41) is 0. The van der Waals surface area contributed by atoms with Crippen molar-refractivity contribution in [3.05, 3.63) is 0 Å². The molecule has 0 aromatic heterocycles. The number of rotatable bonds is 2. The zero-order valence-electron chi connectivity index (χ0n) is 11.9. The summed E-state index contributed by atoms with van der Waals surface area (Å²) in [4.78, 5) is 2.75. The molecule has 2 rings (SSSR count). The van der Waals surface area contributed by atoms with Crippen LogP contribution >= 0.6 is 0 Å². The monoisotopic (exact) mass is 238 g/mol. The van der Waals surface area contributed by atoms with Gasteiger partial charge in [-0.05, 0) is 56.9 Å². The summed E-state index contributed by atoms with van der Waals surface area (Å²) in [7, 11) is 0. The third-order valence-corrected chi connectivity index (χ3v) is 4.93. The maximum absolute atomic E-state index is 6.09. The van der Waals surface area contributed by atoms with Gasteiger partial charge in [-0.1, -0.05) is 20.3 Å². The third kappa shape index (κ3) is 3.45. The smallest absolute Gasteiger partial charge is 0.0100 e. The van der Waals surface area contributed by atoms with E-state index in [1.54, 1.807) is 0 Å². The van der Waals surface area contributed by atoms with Gasteiger partial charge >= 0.3 is 0 Å². The third-order valence-electron chi connectivity index (χ3n) is 4.93. The predicted molar refractivity (Wildman–Crippen MR) is 74.0 cm³/mol.